The molecule has 1 unspecified atom stereocenters. The molecule has 320 valence electrons. The number of carbonyl (C=O) groups is 2. The summed E-state index contributed by atoms with van der Waals surface area (Å²) in [6, 6.07) is 0. The first kappa shape index (κ1) is 53.2. The van der Waals surface area contributed by atoms with E-state index in [0.29, 0.717) is 23.9 Å². The average Bonchev–Trinajstić information content (AvgIpc) is 3.15. The van der Waals surface area contributed by atoms with Gasteiger partial charge in [-0.15, -0.1) is 0 Å². The number of quaternary nitrogens is 1. The number of nitrogens with zero attached hydrogens (tertiary/aromatic N) is 1. The van der Waals surface area contributed by atoms with Crippen LogP contribution in [0.1, 0.15) is 142 Å². The van der Waals surface area contributed by atoms with Gasteiger partial charge < -0.3 is 18.9 Å². The van der Waals surface area contributed by atoms with E-state index in [0.717, 1.165) is 83.5 Å². The molecule has 0 aliphatic carbocycles. The summed E-state index contributed by atoms with van der Waals surface area (Å²) in [7, 11) is 1.43. The SMILES string of the molecule is CC/C=C/C=C/C=C/C=C/C=C/CCCCCCCC(=O)OC[C@H](COP(=O)(O)OCC[N+](C)(C)C)OC(=O)CCCCCCCC/C=C/C=C/CCCCC. The Morgan fingerprint density at radius 3 is 1.54 bits per heavy atom. The van der Waals surface area contributed by atoms with Gasteiger partial charge in [-0.1, -0.05) is 157 Å². The number of rotatable bonds is 37. The molecular weight excluding hydrogens is 725 g/mol. The van der Waals surface area contributed by atoms with Crippen molar-refractivity contribution in [3.63, 3.8) is 0 Å². The summed E-state index contributed by atoms with van der Waals surface area (Å²) in [5.74, 6) is -0.851. The number of phosphoric ester groups is 1. The highest BCUT2D eigenvalue weighted by Crippen LogP contribution is 2.43. The molecule has 9 nitrogen and oxygen atoms in total. The van der Waals surface area contributed by atoms with Crippen molar-refractivity contribution in [3.05, 3.63) is 85.1 Å². The van der Waals surface area contributed by atoms with Gasteiger partial charge in [-0.25, -0.2) is 4.57 Å². The summed E-state index contributed by atoms with van der Waals surface area (Å²) >= 11 is 0. The molecule has 56 heavy (non-hydrogen) atoms. The fourth-order valence-corrected chi connectivity index (χ4v) is 5.94. The second-order valence-electron chi connectivity index (χ2n) is 15.1. The van der Waals surface area contributed by atoms with Crippen LogP contribution < -0.4 is 0 Å². The van der Waals surface area contributed by atoms with Crippen LogP contribution >= 0.6 is 7.82 Å². The number of unbranched alkanes of at least 4 members (excludes halogenated alkanes) is 14. The van der Waals surface area contributed by atoms with Crippen LogP contribution in [-0.2, 0) is 32.7 Å². The molecule has 0 aromatic carbocycles. The van der Waals surface area contributed by atoms with Crippen molar-refractivity contribution in [2.24, 2.45) is 0 Å². The zero-order valence-corrected chi connectivity index (χ0v) is 36.7. The standard InChI is InChI=1S/C46H78NO8P/c1-6-8-10-12-14-16-18-20-22-23-25-26-28-30-32-34-36-38-45(48)52-42-44(43-54-56(50,51)53-41-40-47(3,4)5)55-46(49)39-37-35-33-31-29-27-24-21-19-17-15-13-11-9-7-2/h8,10,12,14-23,25,44H,6-7,9,11,13,24,26-43H2,1-5H3/p+1/b10-8+,14-12+,17-15+,18-16+,21-19+,22-20+,25-23+/t44-/m1/s1. The van der Waals surface area contributed by atoms with Crippen molar-refractivity contribution < 1.29 is 42.1 Å². The lowest BCUT2D eigenvalue weighted by atomic mass is 10.1. The zero-order valence-electron chi connectivity index (χ0n) is 35.8. The maximum Gasteiger partial charge on any atom is 0.472 e. The topological polar surface area (TPSA) is 108 Å². The first-order valence-corrected chi connectivity index (χ1v) is 22.9. The maximum absolute atomic E-state index is 12.7. The van der Waals surface area contributed by atoms with Crippen LogP contribution in [0.5, 0.6) is 0 Å². The molecule has 0 spiro atoms. The molecule has 10 heteroatoms. The summed E-state index contributed by atoms with van der Waals surface area (Å²) in [5, 5.41) is 0. The van der Waals surface area contributed by atoms with Crippen LogP contribution in [0, 0.1) is 0 Å². The van der Waals surface area contributed by atoms with Gasteiger partial charge in [0.25, 0.3) is 0 Å². The van der Waals surface area contributed by atoms with Crippen LogP contribution in [0.2, 0.25) is 0 Å². The fraction of sp³-hybridized carbons (Fsp3) is 0.652. The molecule has 2 atom stereocenters. The second-order valence-corrected chi connectivity index (χ2v) is 16.6. The summed E-state index contributed by atoms with van der Waals surface area (Å²) in [6.07, 6.45) is 47.6. The summed E-state index contributed by atoms with van der Waals surface area (Å²) in [4.78, 5) is 35.3. The van der Waals surface area contributed by atoms with Gasteiger partial charge in [0, 0.05) is 12.8 Å². The van der Waals surface area contributed by atoms with E-state index in [1.54, 1.807) is 0 Å². The maximum atomic E-state index is 12.7. The molecule has 0 rings (SSSR count). The molecule has 0 aromatic rings. The molecule has 0 heterocycles. The molecule has 1 N–H and O–H groups in total. The second kappa shape index (κ2) is 37.7. The number of phosphoric acid groups is 1. The highest BCUT2D eigenvalue weighted by molar-refractivity contribution is 7.47. The highest BCUT2D eigenvalue weighted by Gasteiger charge is 2.27. The van der Waals surface area contributed by atoms with Gasteiger partial charge in [0.1, 0.15) is 19.8 Å². The smallest absolute Gasteiger partial charge is 0.462 e. The minimum Gasteiger partial charge on any atom is -0.462 e. The number of hydrogen-bond donors (Lipinski definition) is 1. The molecule has 0 saturated carbocycles. The zero-order chi connectivity index (χ0) is 41.4. The largest absolute Gasteiger partial charge is 0.472 e. The summed E-state index contributed by atoms with van der Waals surface area (Å²) in [6.45, 7) is 4.18. The molecule has 0 radical (unpaired) electrons. The quantitative estimate of drug-likeness (QED) is 0.0217. The summed E-state index contributed by atoms with van der Waals surface area (Å²) < 4.78 is 34.2. The summed E-state index contributed by atoms with van der Waals surface area (Å²) in [5.41, 5.74) is 0. The average molecular weight is 805 g/mol. The normalized spacial score (nSPS) is 14.5. The van der Waals surface area contributed by atoms with E-state index < -0.39 is 32.5 Å². The first-order valence-electron chi connectivity index (χ1n) is 21.4. The first-order chi connectivity index (χ1) is 27.0. The van der Waals surface area contributed by atoms with Gasteiger partial charge >= 0.3 is 19.8 Å². The third-order valence-corrected chi connectivity index (χ3v) is 9.55. The lowest BCUT2D eigenvalue weighted by Gasteiger charge is -2.24. The van der Waals surface area contributed by atoms with Crippen molar-refractivity contribution in [1.29, 1.82) is 0 Å². The molecule has 0 bridgehead atoms. The van der Waals surface area contributed by atoms with E-state index in [4.69, 9.17) is 18.5 Å². The molecule has 0 saturated heterocycles. The number of hydrogen-bond acceptors (Lipinski definition) is 7. The molecule has 0 amide bonds. The van der Waals surface area contributed by atoms with Gasteiger partial charge in [0.2, 0.25) is 0 Å². The lowest BCUT2D eigenvalue weighted by Crippen LogP contribution is -2.37. The van der Waals surface area contributed by atoms with Crippen molar-refractivity contribution in [2.45, 2.75) is 148 Å². The predicted octanol–water partition coefficient (Wildman–Crippen LogP) is 12.0. The monoisotopic (exact) mass is 805 g/mol. The fourth-order valence-electron chi connectivity index (χ4n) is 5.20. The van der Waals surface area contributed by atoms with Crippen molar-refractivity contribution >= 4 is 19.8 Å². The Morgan fingerprint density at radius 1 is 0.571 bits per heavy atom. The Labute approximate surface area is 341 Å². The van der Waals surface area contributed by atoms with Gasteiger partial charge in [-0.3, -0.25) is 18.6 Å². The third-order valence-electron chi connectivity index (χ3n) is 8.57. The third kappa shape index (κ3) is 40.8. The van der Waals surface area contributed by atoms with E-state index in [1.165, 1.54) is 19.3 Å². The Bertz CT molecular complexity index is 1230. The molecule has 0 aromatic heterocycles. The Kier molecular flexibility index (Phi) is 35.9. The van der Waals surface area contributed by atoms with Crippen LogP contribution in [0.4, 0.5) is 0 Å². The van der Waals surface area contributed by atoms with E-state index in [2.05, 4.69) is 56.4 Å². The number of carbonyl (C=O) groups excluding carboxylic acids is 2. The van der Waals surface area contributed by atoms with Gasteiger partial charge in [0.15, 0.2) is 6.10 Å². The molecule has 0 fully saturated rings. The highest BCUT2D eigenvalue weighted by atomic mass is 31.2. The Morgan fingerprint density at radius 2 is 1.02 bits per heavy atom. The van der Waals surface area contributed by atoms with Crippen molar-refractivity contribution in [2.75, 3.05) is 47.5 Å². The van der Waals surface area contributed by atoms with E-state index in [-0.39, 0.29) is 26.1 Å². The van der Waals surface area contributed by atoms with Crippen molar-refractivity contribution in [1.82, 2.24) is 0 Å². The van der Waals surface area contributed by atoms with E-state index in [9.17, 15) is 19.0 Å². The Balaban J connectivity index is 4.47. The van der Waals surface area contributed by atoms with Gasteiger partial charge in [0.05, 0.1) is 27.7 Å². The van der Waals surface area contributed by atoms with E-state index >= 15 is 0 Å². The van der Waals surface area contributed by atoms with Crippen LogP contribution in [0.3, 0.4) is 0 Å². The minimum atomic E-state index is -4.39. The number of esters is 2. The number of allylic oxidation sites excluding steroid dienone is 14. The van der Waals surface area contributed by atoms with Crippen LogP contribution in [0.15, 0.2) is 85.1 Å². The number of likely N-dealkylation sites (N-methyl/N-ethyl adjacent to an activating group) is 1. The predicted molar refractivity (Wildman–Crippen MR) is 233 cm³/mol. The van der Waals surface area contributed by atoms with Crippen molar-refractivity contribution in [3.8, 4) is 0 Å². The van der Waals surface area contributed by atoms with Crippen LogP contribution in [0.25, 0.3) is 0 Å². The lowest BCUT2D eigenvalue weighted by molar-refractivity contribution is -0.870. The minimum absolute atomic E-state index is 0.0196. The number of ether oxygens (including phenoxy) is 2. The molecular formula is C46H79NO8P+. The molecule has 0 aliphatic rings. The molecule has 0 aliphatic heterocycles. The van der Waals surface area contributed by atoms with Gasteiger partial charge in [-0.2, -0.15) is 0 Å². The Hall–Kier alpha value is -2.81. The van der Waals surface area contributed by atoms with Gasteiger partial charge in [-0.05, 0) is 57.8 Å². The van der Waals surface area contributed by atoms with E-state index in [1.807, 2.05) is 63.7 Å². The van der Waals surface area contributed by atoms with Crippen LogP contribution in [-0.4, -0.2) is 74.9 Å².